The van der Waals surface area contributed by atoms with Gasteiger partial charge in [-0.25, -0.2) is 0 Å². The van der Waals surface area contributed by atoms with E-state index >= 15 is 0 Å². The van der Waals surface area contributed by atoms with Gasteiger partial charge in [0.05, 0.1) is 12.8 Å². The van der Waals surface area contributed by atoms with E-state index in [4.69, 9.17) is 4.74 Å². The number of rotatable bonds is 2. The zero-order chi connectivity index (χ0) is 6.69. The third-order valence-electron chi connectivity index (χ3n) is 0.975. The van der Waals surface area contributed by atoms with Gasteiger partial charge in [0.1, 0.15) is 5.82 Å². The summed E-state index contributed by atoms with van der Waals surface area (Å²) < 4.78 is 5.08. The van der Waals surface area contributed by atoms with Crippen LogP contribution in [0.15, 0.2) is 6.20 Å². The monoisotopic (exact) mass is 126 g/mol. The predicted octanol–water partition coefficient (Wildman–Crippen LogP) is 1.12. The van der Waals surface area contributed by atoms with Crippen molar-refractivity contribution in [1.29, 1.82) is 0 Å². The average Bonchev–Trinajstić information content (AvgIpc) is 2.17. The van der Waals surface area contributed by atoms with Crippen molar-refractivity contribution in [3.8, 4) is 5.88 Å². The van der Waals surface area contributed by atoms with Crippen LogP contribution in [0.3, 0.4) is 0 Å². The highest BCUT2D eigenvalue weighted by Gasteiger charge is 1.93. The Morgan fingerprint density at radius 1 is 1.78 bits per heavy atom. The van der Waals surface area contributed by atoms with E-state index in [1.165, 1.54) is 0 Å². The van der Waals surface area contributed by atoms with Crippen LogP contribution in [0.5, 0.6) is 5.88 Å². The summed E-state index contributed by atoms with van der Waals surface area (Å²) in [5.41, 5.74) is 0. The van der Waals surface area contributed by atoms with Gasteiger partial charge in [-0.15, -0.1) is 0 Å². The number of ether oxygens (including phenoxy) is 1. The molecule has 50 valence electrons. The number of aromatic nitrogens is 2. The van der Waals surface area contributed by atoms with E-state index in [0.29, 0.717) is 12.5 Å². The van der Waals surface area contributed by atoms with Crippen molar-refractivity contribution in [2.75, 3.05) is 6.61 Å². The van der Waals surface area contributed by atoms with E-state index in [9.17, 15) is 0 Å². The molecule has 0 aromatic carbocycles. The Morgan fingerprint density at radius 2 is 2.56 bits per heavy atom. The molecule has 0 fully saturated rings. The lowest BCUT2D eigenvalue weighted by atomic mass is 10.7. The van der Waals surface area contributed by atoms with Crippen LogP contribution in [0, 0.1) is 6.92 Å². The molecule has 0 saturated carbocycles. The quantitative estimate of drug-likeness (QED) is 0.644. The molecule has 3 nitrogen and oxygen atoms in total. The van der Waals surface area contributed by atoms with Crippen molar-refractivity contribution in [1.82, 2.24) is 9.97 Å². The fraction of sp³-hybridized carbons (Fsp3) is 0.500. The third kappa shape index (κ3) is 1.45. The van der Waals surface area contributed by atoms with Crippen molar-refractivity contribution < 1.29 is 4.74 Å². The number of hydrogen-bond acceptors (Lipinski definition) is 2. The summed E-state index contributed by atoms with van der Waals surface area (Å²) in [4.78, 5) is 6.94. The van der Waals surface area contributed by atoms with Crippen molar-refractivity contribution in [3.63, 3.8) is 0 Å². The molecule has 0 atom stereocenters. The van der Waals surface area contributed by atoms with Crippen molar-refractivity contribution in [2.45, 2.75) is 13.8 Å². The number of H-pyrrole nitrogens is 1. The van der Waals surface area contributed by atoms with Crippen molar-refractivity contribution in [3.05, 3.63) is 12.0 Å². The van der Waals surface area contributed by atoms with Gasteiger partial charge in [0, 0.05) is 0 Å². The Hall–Kier alpha value is -0.990. The van der Waals surface area contributed by atoms with E-state index in [1.807, 2.05) is 13.8 Å². The molecule has 9 heavy (non-hydrogen) atoms. The molecule has 1 rings (SSSR count). The summed E-state index contributed by atoms with van der Waals surface area (Å²) >= 11 is 0. The maximum Gasteiger partial charge on any atom is 0.231 e. The minimum absolute atomic E-state index is 0.671. The highest BCUT2D eigenvalue weighted by Crippen LogP contribution is 2.03. The Kier molecular flexibility index (Phi) is 1.72. The maximum atomic E-state index is 5.08. The smallest absolute Gasteiger partial charge is 0.231 e. The van der Waals surface area contributed by atoms with Crippen LogP contribution in [0.1, 0.15) is 12.7 Å². The first-order chi connectivity index (χ1) is 4.33. The summed E-state index contributed by atoms with van der Waals surface area (Å²) in [5.74, 6) is 1.56. The molecule has 0 aliphatic heterocycles. The Morgan fingerprint density at radius 3 is 3.00 bits per heavy atom. The minimum Gasteiger partial charge on any atom is -0.477 e. The lowest BCUT2D eigenvalue weighted by Gasteiger charge is -1.92. The van der Waals surface area contributed by atoms with Crippen LogP contribution >= 0.6 is 0 Å². The van der Waals surface area contributed by atoms with E-state index in [2.05, 4.69) is 9.97 Å². The van der Waals surface area contributed by atoms with Gasteiger partial charge >= 0.3 is 0 Å². The molecule has 0 saturated heterocycles. The molecule has 1 N–H and O–H groups in total. The van der Waals surface area contributed by atoms with E-state index in [1.54, 1.807) is 6.20 Å². The summed E-state index contributed by atoms with van der Waals surface area (Å²) in [5, 5.41) is 0. The van der Waals surface area contributed by atoms with Gasteiger partial charge in [0.2, 0.25) is 5.88 Å². The van der Waals surface area contributed by atoms with Crippen molar-refractivity contribution >= 4 is 0 Å². The SMILES string of the molecule is CCOc1c[nH]c(C)n1. The van der Waals surface area contributed by atoms with Gasteiger partial charge in [0.15, 0.2) is 0 Å². The second-order valence-corrected chi connectivity index (χ2v) is 1.76. The normalized spacial score (nSPS) is 9.56. The fourth-order valence-corrected chi connectivity index (χ4v) is 0.618. The van der Waals surface area contributed by atoms with Gasteiger partial charge in [0.25, 0.3) is 0 Å². The molecule has 0 bridgehead atoms. The highest BCUT2D eigenvalue weighted by molar-refractivity contribution is 5.05. The molecule has 0 aliphatic carbocycles. The van der Waals surface area contributed by atoms with E-state index in [0.717, 1.165) is 5.82 Å². The predicted molar refractivity (Wildman–Crippen MR) is 34.5 cm³/mol. The maximum absolute atomic E-state index is 5.08. The number of aryl methyl sites for hydroxylation is 1. The second kappa shape index (κ2) is 2.53. The largest absolute Gasteiger partial charge is 0.477 e. The minimum atomic E-state index is 0.671. The Labute approximate surface area is 54.1 Å². The number of nitrogens with one attached hydrogen (secondary N) is 1. The molecule has 1 aromatic heterocycles. The number of nitrogens with zero attached hydrogens (tertiary/aromatic N) is 1. The highest BCUT2D eigenvalue weighted by atomic mass is 16.5. The zero-order valence-corrected chi connectivity index (χ0v) is 5.64. The average molecular weight is 126 g/mol. The number of aromatic amines is 1. The first-order valence-corrected chi connectivity index (χ1v) is 2.97. The van der Waals surface area contributed by atoms with Crippen LogP contribution < -0.4 is 4.74 Å². The van der Waals surface area contributed by atoms with Gasteiger partial charge in [-0.2, -0.15) is 4.98 Å². The lowest BCUT2D eigenvalue weighted by Crippen LogP contribution is -1.90. The topological polar surface area (TPSA) is 37.9 Å². The Balaban J connectivity index is 2.61. The van der Waals surface area contributed by atoms with Crippen LogP contribution in [0.25, 0.3) is 0 Å². The molecular weight excluding hydrogens is 116 g/mol. The lowest BCUT2D eigenvalue weighted by molar-refractivity contribution is 0.328. The first kappa shape index (κ1) is 6.13. The summed E-state index contributed by atoms with van der Waals surface area (Å²) in [6.45, 7) is 4.50. The molecule has 0 radical (unpaired) electrons. The zero-order valence-electron chi connectivity index (χ0n) is 5.64. The van der Waals surface area contributed by atoms with Gasteiger partial charge < -0.3 is 9.72 Å². The molecule has 1 heterocycles. The Bertz CT molecular complexity index is 183. The molecule has 1 aromatic rings. The van der Waals surface area contributed by atoms with Crippen LogP contribution in [0.2, 0.25) is 0 Å². The molecule has 3 heteroatoms. The first-order valence-electron chi connectivity index (χ1n) is 2.97. The van der Waals surface area contributed by atoms with Crippen molar-refractivity contribution in [2.24, 2.45) is 0 Å². The van der Waals surface area contributed by atoms with Gasteiger partial charge in [-0.1, -0.05) is 0 Å². The van der Waals surface area contributed by atoms with Crippen LogP contribution in [-0.4, -0.2) is 16.6 Å². The summed E-state index contributed by atoms with van der Waals surface area (Å²) in [6.07, 6.45) is 1.75. The number of hydrogen-bond donors (Lipinski definition) is 1. The van der Waals surface area contributed by atoms with Gasteiger partial charge in [-0.05, 0) is 13.8 Å². The standard InChI is InChI=1S/C6H10N2O/c1-3-9-6-4-7-5(2)8-6/h4H,3H2,1-2H3,(H,7,8). The summed E-state index contributed by atoms with van der Waals surface area (Å²) in [6, 6.07) is 0. The van der Waals surface area contributed by atoms with Crippen LogP contribution in [-0.2, 0) is 0 Å². The number of imidazole rings is 1. The van der Waals surface area contributed by atoms with E-state index < -0.39 is 0 Å². The fourth-order valence-electron chi connectivity index (χ4n) is 0.618. The molecule has 0 spiro atoms. The summed E-state index contributed by atoms with van der Waals surface area (Å²) in [7, 11) is 0. The van der Waals surface area contributed by atoms with Gasteiger partial charge in [-0.3, -0.25) is 0 Å². The third-order valence-corrected chi connectivity index (χ3v) is 0.975. The molecule has 0 unspecified atom stereocenters. The molecule has 0 aliphatic rings. The second-order valence-electron chi connectivity index (χ2n) is 1.76. The molecule has 0 amide bonds. The molecular formula is C6H10N2O. The van der Waals surface area contributed by atoms with Crippen LogP contribution in [0.4, 0.5) is 0 Å². The van der Waals surface area contributed by atoms with E-state index in [-0.39, 0.29) is 0 Å².